The molecule has 4 heteroatoms. The number of likely N-dealkylation sites (N-methyl/N-ethyl adjacent to an activating group) is 1. The van der Waals surface area contributed by atoms with Crippen molar-refractivity contribution in [3.8, 4) is 0 Å². The summed E-state index contributed by atoms with van der Waals surface area (Å²) < 4.78 is 0. The van der Waals surface area contributed by atoms with Crippen molar-refractivity contribution in [3.63, 3.8) is 0 Å². The van der Waals surface area contributed by atoms with Crippen molar-refractivity contribution in [1.29, 1.82) is 0 Å². The molecule has 1 aromatic carbocycles. The standard InChI is InChI=1S/C16H25N3O/c1-3-19(15-10-17-11-15)12-16(20)18-9-13(2)14-7-5-4-6-8-14/h4-8,13,15,17H,3,9-12H2,1-2H3,(H,18,20). The van der Waals surface area contributed by atoms with Gasteiger partial charge < -0.3 is 10.6 Å². The maximum Gasteiger partial charge on any atom is 0.234 e. The summed E-state index contributed by atoms with van der Waals surface area (Å²) in [5.41, 5.74) is 1.27. The molecular weight excluding hydrogens is 250 g/mol. The molecular formula is C16H25N3O. The van der Waals surface area contributed by atoms with Gasteiger partial charge in [-0.15, -0.1) is 0 Å². The van der Waals surface area contributed by atoms with Gasteiger partial charge >= 0.3 is 0 Å². The zero-order valence-corrected chi connectivity index (χ0v) is 12.4. The van der Waals surface area contributed by atoms with Gasteiger partial charge in [0, 0.05) is 25.7 Å². The molecule has 0 saturated carbocycles. The molecule has 1 amide bonds. The number of hydrogen-bond donors (Lipinski definition) is 2. The van der Waals surface area contributed by atoms with Crippen molar-refractivity contribution in [3.05, 3.63) is 35.9 Å². The van der Waals surface area contributed by atoms with Gasteiger partial charge in [-0.2, -0.15) is 0 Å². The molecule has 1 heterocycles. The molecule has 1 aromatic rings. The maximum atomic E-state index is 12.0. The fourth-order valence-electron chi connectivity index (χ4n) is 2.44. The molecule has 1 atom stereocenters. The Morgan fingerprint density at radius 3 is 2.65 bits per heavy atom. The number of rotatable bonds is 7. The zero-order chi connectivity index (χ0) is 14.4. The van der Waals surface area contributed by atoms with E-state index in [1.165, 1.54) is 5.56 Å². The van der Waals surface area contributed by atoms with E-state index < -0.39 is 0 Å². The van der Waals surface area contributed by atoms with Crippen LogP contribution in [0.2, 0.25) is 0 Å². The Hall–Kier alpha value is -1.39. The summed E-state index contributed by atoms with van der Waals surface area (Å²) in [4.78, 5) is 14.3. The van der Waals surface area contributed by atoms with Crippen LogP contribution >= 0.6 is 0 Å². The topological polar surface area (TPSA) is 44.4 Å². The van der Waals surface area contributed by atoms with E-state index in [2.05, 4.69) is 41.5 Å². The minimum atomic E-state index is 0.126. The minimum absolute atomic E-state index is 0.126. The number of amides is 1. The molecule has 0 spiro atoms. The first-order valence-corrected chi connectivity index (χ1v) is 7.47. The average Bonchev–Trinajstić information content (AvgIpc) is 2.43. The molecule has 1 fully saturated rings. The number of nitrogens with zero attached hydrogens (tertiary/aromatic N) is 1. The van der Waals surface area contributed by atoms with E-state index >= 15 is 0 Å². The van der Waals surface area contributed by atoms with Crippen molar-refractivity contribution in [2.24, 2.45) is 0 Å². The van der Waals surface area contributed by atoms with Gasteiger partial charge in [0.05, 0.1) is 6.54 Å². The zero-order valence-electron chi connectivity index (χ0n) is 12.4. The van der Waals surface area contributed by atoms with Crippen molar-refractivity contribution in [2.75, 3.05) is 32.7 Å². The second-order valence-electron chi connectivity index (χ2n) is 5.49. The van der Waals surface area contributed by atoms with Gasteiger partial charge in [0.1, 0.15) is 0 Å². The Morgan fingerprint density at radius 1 is 1.40 bits per heavy atom. The summed E-state index contributed by atoms with van der Waals surface area (Å²) in [5, 5.41) is 6.30. The van der Waals surface area contributed by atoms with Gasteiger partial charge in [-0.05, 0) is 18.0 Å². The highest BCUT2D eigenvalue weighted by molar-refractivity contribution is 5.78. The van der Waals surface area contributed by atoms with E-state index in [9.17, 15) is 4.79 Å². The molecule has 110 valence electrons. The van der Waals surface area contributed by atoms with E-state index in [0.717, 1.165) is 19.6 Å². The predicted octanol–water partition coefficient (Wildman–Crippen LogP) is 1.20. The summed E-state index contributed by atoms with van der Waals surface area (Å²) in [6.45, 7) is 8.38. The van der Waals surface area contributed by atoms with E-state index in [1.54, 1.807) is 0 Å². The summed E-state index contributed by atoms with van der Waals surface area (Å²) in [5.74, 6) is 0.474. The molecule has 0 radical (unpaired) electrons. The van der Waals surface area contributed by atoms with Crippen LogP contribution < -0.4 is 10.6 Å². The van der Waals surface area contributed by atoms with Gasteiger partial charge in [0.25, 0.3) is 0 Å². The van der Waals surface area contributed by atoms with E-state index in [0.29, 0.717) is 25.0 Å². The summed E-state index contributed by atoms with van der Waals surface area (Å²) in [6, 6.07) is 10.8. The normalized spacial score (nSPS) is 16.8. The van der Waals surface area contributed by atoms with E-state index in [-0.39, 0.29) is 5.91 Å². The maximum absolute atomic E-state index is 12.0. The van der Waals surface area contributed by atoms with Gasteiger partial charge in [-0.25, -0.2) is 0 Å². The Balaban J connectivity index is 1.74. The highest BCUT2D eigenvalue weighted by Gasteiger charge is 2.24. The smallest absolute Gasteiger partial charge is 0.234 e. The number of nitrogens with one attached hydrogen (secondary N) is 2. The summed E-state index contributed by atoms with van der Waals surface area (Å²) in [6.07, 6.45) is 0. The lowest BCUT2D eigenvalue weighted by molar-refractivity contribution is -0.123. The third kappa shape index (κ3) is 4.05. The van der Waals surface area contributed by atoms with Crippen LogP contribution in [0.25, 0.3) is 0 Å². The van der Waals surface area contributed by atoms with Crippen LogP contribution in [0.3, 0.4) is 0 Å². The third-order valence-corrected chi connectivity index (χ3v) is 4.00. The fraction of sp³-hybridized carbons (Fsp3) is 0.562. The van der Waals surface area contributed by atoms with Gasteiger partial charge in [0.2, 0.25) is 5.91 Å². The first kappa shape index (κ1) is 15.0. The lowest BCUT2D eigenvalue weighted by Gasteiger charge is -2.37. The van der Waals surface area contributed by atoms with Crippen LogP contribution in [0.15, 0.2) is 30.3 Å². The number of carbonyl (C=O) groups is 1. The van der Waals surface area contributed by atoms with E-state index in [4.69, 9.17) is 0 Å². The highest BCUT2D eigenvalue weighted by atomic mass is 16.2. The first-order valence-electron chi connectivity index (χ1n) is 7.47. The minimum Gasteiger partial charge on any atom is -0.354 e. The molecule has 1 saturated heterocycles. The Labute approximate surface area is 121 Å². The third-order valence-electron chi connectivity index (χ3n) is 4.00. The second kappa shape index (κ2) is 7.41. The molecule has 2 rings (SSSR count). The molecule has 4 nitrogen and oxygen atoms in total. The molecule has 2 N–H and O–H groups in total. The largest absolute Gasteiger partial charge is 0.354 e. The van der Waals surface area contributed by atoms with Crippen LogP contribution in [0.4, 0.5) is 0 Å². The van der Waals surface area contributed by atoms with Crippen molar-refractivity contribution >= 4 is 5.91 Å². The summed E-state index contributed by atoms with van der Waals surface area (Å²) in [7, 11) is 0. The Kier molecular flexibility index (Phi) is 5.56. The highest BCUT2D eigenvalue weighted by Crippen LogP contribution is 2.13. The monoisotopic (exact) mass is 275 g/mol. The predicted molar refractivity (Wildman–Crippen MR) is 81.8 cm³/mol. The van der Waals surface area contributed by atoms with E-state index in [1.807, 2.05) is 18.2 Å². The lowest BCUT2D eigenvalue weighted by atomic mass is 10.0. The van der Waals surface area contributed by atoms with Gasteiger partial charge in [-0.1, -0.05) is 44.2 Å². The molecule has 1 unspecified atom stereocenters. The molecule has 0 aromatic heterocycles. The van der Waals surface area contributed by atoms with Crippen LogP contribution in [-0.4, -0.2) is 49.6 Å². The summed E-state index contributed by atoms with van der Waals surface area (Å²) >= 11 is 0. The second-order valence-corrected chi connectivity index (χ2v) is 5.49. The van der Waals surface area contributed by atoms with Crippen molar-refractivity contribution < 1.29 is 4.79 Å². The molecule has 20 heavy (non-hydrogen) atoms. The number of hydrogen-bond acceptors (Lipinski definition) is 3. The first-order chi connectivity index (χ1) is 9.70. The van der Waals surface area contributed by atoms with Crippen LogP contribution in [0.1, 0.15) is 25.3 Å². The van der Waals surface area contributed by atoms with Gasteiger partial charge in [0.15, 0.2) is 0 Å². The number of carbonyl (C=O) groups excluding carboxylic acids is 1. The van der Waals surface area contributed by atoms with Crippen LogP contribution in [-0.2, 0) is 4.79 Å². The Morgan fingerprint density at radius 2 is 2.10 bits per heavy atom. The quantitative estimate of drug-likeness (QED) is 0.786. The molecule has 0 bridgehead atoms. The Bertz CT molecular complexity index is 417. The SMILES string of the molecule is CCN(CC(=O)NCC(C)c1ccccc1)C1CNC1. The van der Waals surface area contributed by atoms with Crippen LogP contribution in [0, 0.1) is 0 Å². The van der Waals surface area contributed by atoms with Crippen molar-refractivity contribution in [1.82, 2.24) is 15.5 Å². The molecule has 1 aliphatic rings. The van der Waals surface area contributed by atoms with Crippen LogP contribution in [0.5, 0.6) is 0 Å². The lowest BCUT2D eigenvalue weighted by Crippen LogP contribution is -2.58. The molecule has 1 aliphatic heterocycles. The average molecular weight is 275 g/mol. The fourth-order valence-corrected chi connectivity index (χ4v) is 2.44. The van der Waals surface area contributed by atoms with Gasteiger partial charge in [-0.3, -0.25) is 9.69 Å². The molecule has 0 aliphatic carbocycles. The van der Waals surface area contributed by atoms with Crippen molar-refractivity contribution in [2.45, 2.75) is 25.8 Å². The number of benzene rings is 1.